The second-order valence-electron chi connectivity index (χ2n) is 5.92. The number of aliphatic carboxylic acids is 1. The Morgan fingerprint density at radius 2 is 2.05 bits per heavy atom. The van der Waals surface area contributed by atoms with E-state index < -0.39 is 11.4 Å². The molecule has 0 atom stereocenters. The summed E-state index contributed by atoms with van der Waals surface area (Å²) >= 11 is 0. The average Bonchev–Trinajstić information content (AvgIpc) is 2.62. The molecule has 0 spiro atoms. The molecule has 0 saturated heterocycles. The van der Waals surface area contributed by atoms with Crippen LogP contribution in [0.5, 0.6) is 0 Å². The maximum absolute atomic E-state index is 12.1. The highest BCUT2D eigenvalue weighted by Crippen LogP contribution is 2.67. The van der Waals surface area contributed by atoms with Crippen LogP contribution in [0.15, 0.2) is 10.5 Å². The van der Waals surface area contributed by atoms with E-state index in [1.54, 1.807) is 6.07 Å². The Hall–Kier alpha value is -1.78. The zero-order valence-corrected chi connectivity index (χ0v) is 11.1. The van der Waals surface area contributed by atoms with Gasteiger partial charge in [-0.1, -0.05) is 6.92 Å². The molecule has 1 amide bonds. The van der Waals surface area contributed by atoms with Crippen LogP contribution in [0.3, 0.4) is 0 Å². The minimum absolute atomic E-state index is 0.235. The molecule has 5 heteroatoms. The summed E-state index contributed by atoms with van der Waals surface area (Å²) in [6, 6.07) is 1.74. The van der Waals surface area contributed by atoms with E-state index in [4.69, 9.17) is 9.52 Å². The fourth-order valence-corrected chi connectivity index (χ4v) is 3.43. The molecule has 3 fully saturated rings. The van der Waals surface area contributed by atoms with Gasteiger partial charge < -0.3 is 14.8 Å². The number of carboxylic acid groups (broad SMARTS) is 1. The molecule has 0 radical (unpaired) electrons. The highest BCUT2D eigenvalue weighted by atomic mass is 16.4. The van der Waals surface area contributed by atoms with Crippen LogP contribution < -0.4 is 5.32 Å². The van der Waals surface area contributed by atoms with Gasteiger partial charge in [-0.25, -0.2) is 0 Å². The lowest BCUT2D eigenvalue weighted by atomic mass is 9.39. The first-order chi connectivity index (χ1) is 8.90. The van der Waals surface area contributed by atoms with Gasteiger partial charge in [0.25, 0.3) is 5.91 Å². The Morgan fingerprint density at radius 3 is 2.53 bits per heavy atom. The zero-order valence-electron chi connectivity index (χ0n) is 11.1. The topological polar surface area (TPSA) is 79.5 Å². The third-order valence-corrected chi connectivity index (χ3v) is 4.43. The van der Waals surface area contributed by atoms with Crippen molar-refractivity contribution < 1.29 is 19.1 Å². The summed E-state index contributed by atoms with van der Waals surface area (Å²) in [5, 5.41) is 12.0. The van der Waals surface area contributed by atoms with Gasteiger partial charge in [0.15, 0.2) is 5.76 Å². The van der Waals surface area contributed by atoms with Crippen molar-refractivity contribution in [2.24, 2.45) is 5.41 Å². The number of carbonyl (C=O) groups is 2. The predicted molar refractivity (Wildman–Crippen MR) is 66.9 cm³/mol. The van der Waals surface area contributed by atoms with E-state index in [1.165, 1.54) is 0 Å². The molecule has 3 aliphatic carbocycles. The van der Waals surface area contributed by atoms with Crippen LogP contribution in [-0.2, 0) is 11.2 Å². The summed E-state index contributed by atoms with van der Waals surface area (Å²) in [5.41, 5.74) is 0.107. The van der Waals surface area contributed by atoms with E-state index in [2.05, 4.69) is 5.32 Å². The molecule has 1 heterocycles. The van der Waals surface area contributed by atoms with Gasteiger partial charge in [0.2, 0.25) is 0 Å². The molecule has 0 aromatic carbocycles. The van der Waals surface area contributed by atoms with Gasteiger partial charge in [-0.3, -0.25) is 9.59 Å². The SMILES string of the molecule is CCc1oc(C(=O)NC23CC(C(=O)O)(C2)C3)cc1C. The molecule has 3 aliphatic rings. The van der Waals surface area contributed by atoms with Crippen LogP contribution in [0.1, 0.15) is 48.1 Å². The third-order valence-electron chi connectivity index (χ3n) is 4.43. The summed E-state index contributed by atoms with van der Waals surface area (Å²) in [6.07, 6.45) is 2.39. The Labute approximate surface area is 111 Å². The van der Waals surface area contributed by atoms with E-state index in [-0.39, 0.29) is 11.4 Å². The van der Waals surface area contributed by atoms with Crippen LogP contribution in [-0.4, -0.2) is 22.5 Å². The Morgan fingerprint density at radius 1 is 1.42 bits per heavy atom. The predicted octanol–water partition coefficient (Wildman–Crippen LogP) is 1.89. The molecule has 1 aromatic rings. The van der Waals surface area contributed by atoms with Crippen LogP contribution in [0, 0.1) is 12.3 Å². The van der Waals surface area contributed by atoms with Crippen molar-refractivity contribution in [3.8, 4) is 0 Å². The van der Waals surface area contributed by atoms with Gasteiger partial charge in [0, 0.05) is 12.0 Å². The van der Waals surface area contributed by atoms with E-state index in [0.717, 1.165) is 17.7 Å². The molecule has 0 unspecified atom stereocenters. The lowest BCUT2D eigenvalue weighted by Crippen LogP contribution is -2.77. The highest BCUT2D eigenvalue weighted by Gasteiger charge is 2.72. The number of nitrogens with one attached hydrogen (secondary N) is 1. The first kappa shape index (κ1) is 12.3. The first-order valence-corrected chi connectivity index (χ1v) is 6.55. The van der Waals surface area contributed by atoms with Crippen LogP contribution in [0.2, 0.25) is 0 Å². The summed E-state index contributed by atoms with van der Waals surface area (Å²) < 4.78 is 5.50. The van der Waals surface area contributed by atoms with Crippen LogP contribution >= 0.6 is 0 Å². The number of carbonyl (C=O) groups excluding carboxylic acids is 1. The van der Waals surface area contributed by atoms with Gasteiger partial charge in [-0.05, 0) is 37.8 Å². The van der Waals surface area contributed by atoms with Crippen molar-refractivity contribution in [1.82, 2.24) is 5.32 Å². The summed E-state index contributed by atoms with van der Waals surface area (Å²) in [4.78, 5) is 23.1. The monoisotopic (exact) mass is 263 g/mol. The van der Waals surface area contributed by atoms with Crippen molar-refractivity contribution in [3.05, 3.63) is 23.2 Å². The third kappa shape index (κ3) is 1.60. The van der Waals surface area contributed by atoms with Crippen LogP contribution in [0.4, 0.5) is 0 Å². The van der Waals surface area contributed by atoms with Gasteiger partial charge >= 0.3 is 5.97 Å². The number of hydrogen-bond acceptors (Lipinski definition) is 3. The molecule has 19 heavy (non-hydrogen) atoms. The van der Waals surface area contributed by atoms with Crippen molar-refractivity contribution in [1.29, 1.82) is 0 Å². The maximum Gasteiger partial charge on any atom is 0.309 e. The van der Waals surface area contributed by atoms with Crippen molar-refractivity contribution in [2.45, 2.75) is 45.1 Å². The van der Waals surface area contributed by atoms with E-state index in [9.17, 15) is 9.59 Å². The molecular weight excluding hydrogens is 246 g/mol. The van der Waals surface area contributed by atoms with Gasteiger partial charge in [0.05, 0.1) is 5.41 Å². The molecule has 1 aromatic heterocycles. The second-order valence-corrected chi connectivity index (χ2v) is 5.92. The largest absolute Gasteiger partial charge is 0.481 e. The summed E-state index contributed by atoms with van der Waals surface area (Å²) in [7, 11) is 0. The fourth-order valence-electron chi connectivity index (χ4n) is 3.43. The quantitative estimate of drug-likeness (QED) is 0.869. The lowest BCUT2D eigenvalue weighted by molar-refractivity contribution is -0.196. The molecule has 2 bridgehead atoms. The van der Waals surface area contributed by atoms with Gasteiger partial charge in [-0.15, -0.1) is 0 Å². The fraction of sp³-hybridized carbons (Fsp3) is 0.571. The molecular formula is C14H17NO4. The van der Waals surface area contributed by atoms with Crippen molar-refractivity contribution in [2.75, 3.05) is 0 Å². The van der Waals surface area contributed by atoms with E-state index in [1.807, 2.05) is 13.8 Å². The Bertz CT molecular complexity index is 552. The number of aryl methyl sites for hydroxylation is 2. The highest BCUT2D eigenvalue weighted by molar-refractivity contribution is 5.93. The molecule has 0 aliphatic heterocycles. The summed E-state index contributed by atoms with van der Waals surface area (Å²) in [6.45, 7) is 3.89. The van der Waals surface area contributed by atoms with Gasteiger partial charge in [0.1, 0.15) is 5.76 Å². The zero-order chi connectivity index (χ0) is 13.8. The second kappa shape index (κ2) is 3.62. The molecule has 5 nitrogen and oxygen atoms in total. The van der Waals surface area contributed by atoms with Crippen molar-refractivity contribution in [3.63, 3.8) is 0 Å². The normalized spacial score (nSPS) is 31.3. The number of rotatable bonds is 4. The molecule has 102 valence electrons. The molecule has 4 rings (SSSR count). The average molecular weight is 263 g/mol. The minimum Gasteiger partial charge on any atom is -0.481 e. The van der Waals surface area contributed by atoms with Gasteiger partial charge in [-0.2, -0.15) is 0 Å². The number of carboxylic acids is 1. The number of hydrogen-bond donors (Lipinski definition) is 2. The Kier molecular flexibility index (Phi) is 2.34. The van der Waals surface area contributed by atoms with Crippen LogP contribution in [0.25, 0.3) is 0 Å². The number of furan rings is 1. The lowest BCUT2D eigenvalue weighted by Gasteiger charge is -2.67. The standard InChI is InChI=1S/C14H17NO4/c1-3-9-8(2)4-10(19-9)11(16)15-14-5-13(6-14,7-14)12(17)18/h4H,3,5-7H2,1-2H3,(H,15,16)(H,17,18). The Balaban J connectivity index is 1.66. The van der Waals surface area contributed by atoms with E-state index >= 15 is 0 Å². The maximum atomic E-state index is 12.1. The first-order valence-electron chi connectivity index (χ1n) is 6.55. The molecule has 3 saturated carbocycles. The molecule has 2 N–H and O–H groups in total. The van der Waals surface area contributed by atoms with E-state index in [0.29, 0.717) is 25.0 Å². The van der Waals surface area contributed by atoms with Crippen molar-refractivity contribution >= 4 is 11.9 Å². The summed E-state index contributed by atoms with van der Waals surface area (Å²) in [5.74, 6) is 0.167. The minimum atomic E-state index is -0.745. The smallest absolute Gasteiger partial charge is 0.309 e. The number of amides is 1.